The molecule has 2 unspecified atom stereocenters. The van der Waals surface area contributed by atoms with Gasteiger partial charge < -0.3 is 21.1 Å². The Labute approximate surface area is 94.9 Å². The Morgan fingerprint density at radius 2 is 2.19 bits per heavy atom. The van der Waals surface area contributed by atoms with Gasteiger partial charge in [-0.2, -0.15) is 0 Å². The molecule has 2 amide bonds. The molecule has 6 heteroatoms. The molecule has 92 valence electrons. The molecule has 0 aromatic carbocycles. The van der Waals surface area contributed by atoms with Crippen molar-refractivity contribution in [3.63, 3.8) is 0 Å². The highest BCUT2D eigenvalue weighted by Gasteiger charge is 2.44. The highest BCUT2D eigenvalue weighted by atomic mass is 16.5. The van der Waals surface area contributed by atoms with Gasteiger partial charge in [0.05, 0.1) is 25.2 Å². The van der Waals surface area contributed by atoms with Crippen LogP contribution in [0, 0.1) is 5.41 Å². The van der Waals surface area contributed by atoms with E-state index in [1.807, 2.05) is 6.92 Å². The summed E-state index contributed by atoms with van der Waals surface area (Å²) in [7, 11) is 0. The van der Waals surface area contributed by atoms with Gasteiger partial charge >= 0.3 is 0 Å². The van der Waals surface area contributed by atoms with Crippen LogP contribution in [-0.2, 0) is 14.3 Å². The topological polar surface area (TPSA) is 93.5 Å². The molecule has 0 aromatic heterocycles. The van der Waals surface area contributed by atoms with Gasteiger partial charge in [-0.1, -0.05) is 0 Å². The quantitative estimate of drug-likeness (QED) is 0.553. The van der Waals surface area contributed by atoms with Crippen LogP contribution in [0.25, 0.3) is 0 Å². The Kier molecular flexibility index (Phi) is 4.26. The summed E-state index contributed by atoms with van der Waals surface area (Å²) in [6, 6.07) is -0.318. The zero-order valence-corrected chi connectivity index (χ0v) is 9.71. The third-order valence-corrected chi connectivity index (χ3v) is 2.82. The molecular weight excluding hydrogens is 210 g/mol. The summed E-state index contributed by atoms with van der Waals surface area (Å²) in [4.78, 5) is 23.0. The predicted octanol–water partition coefficient (Wildman–Crippen LogP) is -1.40. The molecule has 1 aliphatic rings. The van der Waals surface area contributed by atoms with Crippen LogP contribution in [0.1, 0.15) is 13.8 Å². The van der Waals surface area contributed by atoms with Crippen molar-refractivity contribution in [1.29, 1.82) is 0 Å². The van der Waals surface area contributed by atoms with E-state index in [0.29, 0.717) is 19.8 Å². The largest absolute Gasteiger partial charge is 0.379 e. The van der Waals surface area contributed by atoms with Crippen molar-refractivity contribution < 1.29 is 14.3 Å². The molecule has 4 N–H and O–H groups in total. The van der Waals surface area contributed by atoms with Gasteiger partial charge in [0.2, 0.25) is 11.8 Å². The summed E-state index contributed by atoms with van der Waals surface area (Å²) in [5, 5.41) is 5.17. The van der Waals surface area contributed by atoms with Crippen molar-refractivity contribution in [1.82, 2.24) is 10.6 Å². The number of hydrogen-bond donors (Lipinski definition) is 3. The maximum atomic E-state index is 11.8. The van der Waals surface area contributed by atoms with Gasteiger partial charge in [-0.25, -0.2) is 0 Å². The van der Waals surface area contributed by atoms with E-state index in [9.17, 15) is 9.59 Å². The van der Waals surface area contributed by atoms with Gasteiger partial charge in [-0.15, -0.1) is 0 Å². The zero-order valence-electron chi connectivity index (χ0n) is 9.71. The number of ether oxygens (including phenoxy) is 1. The fourth-order valence-corrected chi connectivity index (χ4v) is 1.54. The number of likely N-dealkylation sites (N-methyl/N-ethyl adjacent to an activating group) is 1. The predicted molar refractivity (Wildman–Crippen MR) is 58.6 cm³/mol. The molecular formula is C10H19N3O3. The van der Waals surface area contributed by atoms with Crippen LogP contribution in [0.15, 0.2) is 0 Å². The van der Waals surface area contributed by atoms with Crippen molar-refractivity contribution in [3.05, 3.63) is 0 Å². The van der Waals surface area contributed by atoms with Gasteiger partial charge in [0.1, 0.15) is 0 Å². The molecule has 0 spiro atoms. The molecule has 1 aliphatic heterocycles. The fraction of sp³-hybridized carbons (Fsp3) is 0.800. The third kappa shape index (κ3) is 2.70. The van der Waals surface area contributed by atoms with Crippen molar-refractivity contribution in [3.8, 4) is 0 Å². The Morgan fingerprint density at radius 3 is 2.69 bits per heavy atom. The maximum Gasteiger partial charge on any atom is 0.239 e. The summed E-state index contributed by atoms with van der Waals surface area (Å²) in [6.07, 6.45) is 0. The van der Waals surface area contributed by atoms with Crippen molar-refractivity contribution >= 4 is 11.8 Å². The number of hydrogen-bond acceptors (Lipinski definition) is 4. The molecule has 0 saturated carbocycles. The summed E-state index contributed by atoms with van der Waals surface area (Å²) >= 11 is 0. The average molecular weight is 229 g/mol. The normalized spacial score (nSPS) is 28.8. The van der Waals surface area contributed by atoms with E-state index < -0.39 is 5.41 Å². The van der Waals surface area contributed by atoms with Crippen molar-refractivity contribution in [2.75, 3.05) is 26.3 Å². The number of carbonyl (C=O) groups is 2. The fourth-order valence-electron chi connectivity index (χ4n) is 1.54. The maximum absolute atomic E-state index is 11.8. The first-order valence-electron chi connectivity index (χ1n) is 5.39. The molecule has 1 rings (SSSR count). The van der Waals surface area contributed by atoms with Gasteiger partial charge in [0, 0.05) is 12.6 Å². The molecule has 2 atom stereocenters. The van der Waals surface area contributed by atoms with Crippen LogP contribution >= 0.6 is 0 Å². The van der Waals surface area contributed by atoms with Gasteiger partial charge in [0.15, 0.2) is 0 Å². The Bertz CT molecular complexity index is 282. The molecule has 0 bridgehead atoms. The van der Waals surface area contributed by atoms with Crippen LogP contribution in [0.5, 0.6) is 0 Å². The van der Waals surface area contributed by atoms with Crippen molar-refractivity contribution in [2.45, 2.75) is 19.9 Å². The van der Waals surface area contributed by atoms with Crippen LogP contribution in [0.2, 0.25) is 0 Å². The van der Waals surface area contributed by atoms with E-state index in [1.165, 1.54) is 0 Å². The number of amides is 2. The molecule has 0 aliphatic carbocycles. The van der Waals surface area contributed by atoms with E-state index in [1.54, 1.807) is 6.92 Å². The second-order valence-electron chi connectivity index (χ2n) is 4.18. The molecule has 1 heterocycles. The Morgan fingerprint density at radius 1 is 1.50 bits per heavy atom. The number of nitrogens with two attached hydrogens (primary N) is 1. The first-order valence-corrected chi connectivity index (χ1v) is 5.39. The minimum atomic E-state index is -0.730. The minimum absolute atomic E-state index is 0.0189. The molecule has 1 saturated heterocycles. The lowest BCUT2D eigenvalue weighted by Gasteiger charge is -2.25. The lowest BCUT2D eigenvalue weighted by Crippen LogP contribution is -2.51. The zero-order chi connectivity index (χ0) is 12.2. The molecule has 1 fully saturated rings. The summed E-state index contributed by atoms with van der Waals surface area (Å²) in [5.74, 6) is -0.435. The molecule has 0 aromatic rings. The van der Waals surface area contributed by atoms with E-state index in [0.717, 1.165) is 0 Å². The van der Waals surface area contributed by atoms with E-state index in [2.05, 4.69) is 10.6 Å². The first-order chi connectivity index (χ1) is 7.50. The van der Waals surface area contributed by atoms with Crippen LogP contribution in [-0.4, -0.2) is 44.2 Å². The monoisotopic (exact) mass is 229 g/mol. The SMILES string of the molecule is CCNC(=O)CNC(=O)C1(C)COCC1N. The van der Waals surface area contributed by atoms with E-state index in [-0.39, 0.29) is 24.4 Å². The second-order valence-corrected chi connectivity index (χ2v) is 4.18. The Hall–Kier alpha value is -1.14. The van der Waals surface area contributed by atoms with Crippen molar-refractivity contribution in [2.24, 2.45) is 11.1 Å². The van der Waals surface area contributed by atoms with Gasteiger partial charge in [0.25, 0.3) is 0 Å². The smallest absolute Gasteiger partial charge is 0.239 e. The van der Waals surface area contributed by atoms with Crippen LogP contribution in [0.3, 0.4) is 0 Å². The van der Waals surface area contributed by atoms with Gasteiger partial charge in [-0.3, -0.25) is 9.59 Å². The van der Waals surface area contributed by atoms with Crippen LogP contribution < -0.4 is 16.4 Å². The molecule has 16 heavy (non-hydrogen) atoms. The highest BCUT2D eigenvalue weighted by molar-refractivity contribution is 5.88. The lowest BCUT2D eigenvalue weighted by molar-refractivity contribution is -0.133. The third-order valence-electron chi connectivity index (χ3n) is 2.82. The average Bonchev–Trinajstić information content (AvgIpc) is 2.57. The standard InChI is InChI=1S/C10H19N3O3/c1-3-12-8(14)4-13-9(15)10(2)6-16-5-7(10)11/h7H,3-6,11H2,1-2H3,(H,12,14)(H,13,15). The minimum Gasteiger partial charge on any atom is -0.379 e. The van der Waals surface area contributed by atoms with Crippen LogP contribution in [0.4, 0.5) is 0 Å². The Balaban J connectivity index is 2.43. The second kappa shape index (κ2) is 5.27. The summed E-state index contributed by atoms with van der Waals surface area (Å²) in [6.45, 7) is 4.78. The van der Waals surface area contributed by atoms with Gasteiger partial charge in [-0.05, 0) is 13.8 Å². The summed E-state index contributed by atoms with van der Waals surface area (Å²) < 4.78 is 5.16. The number of rotatable bonds is 4. The van der Waals surface area contributed by atoms with E-state index >= 15 is 0 Å². The molecule has 6 nitrogen and oxygen atoms in total. The highest BCUT2D eigenvalue weighted by Crippen LogP contribution is 2.26. The first kappa shape index (κ1) is 12.9. The summed E-state index contributed by atoms with van der Waals surface area (Å²) in [5.41, 5.74) is 5.06. The number of nitrogens with one attached hydrogen (secondary N) is 2. The molecule has 0 radical (unpaired) electrons. The van der Waals surface area contributed by atoms with E-state index in [4.69, 9.17) is 10.5 Å². The number of carbonyl (C=O) groups excluding carboxylic acids is 2. The lowest BCUT2D eigenvalue weighted by atomic mass is 9.85.